The van der Waals surface area contributed by atoms with Crippen molar-refractivity contribution in [3.05, 3.63) is 54.1 Å². The molecule has 1 heterocycles. The Bertz CT molecular complexity index is 836. The van der Waals surface area contributed by atoms with E-state index in [0.717, 1.165) is 5.56 Å². The zero-order chi connectivity index (χ0) is 21.2. The molecule has 1 aromatic carbocycles. The summed E-state index contributed by atoms with van der Waals surface area (Å²) < 4.78 is 0. The summed E-state index contributed by atoms with van der Waals surface area (Å²) in [6.45, 7) is 3.01. The molecule has 29 heavy (non-hydrogen) atoms. The van der Waals surface area contributed by atoms with E-state index in [1.54, 1.807) is 0 Å². The first-order chi connectivity index (χ1) is 13.9. The molecule has 2 rings (SSSR count). The van der Waals surface area contributed by atoms with Crippen molar-refractivity contribution in [1.29, 1.82) is 0 Å². The number of H-pyrrole nitrogens is 1. The standard InChI is InChI=1S/C20H25N5O4/c1-13(18(27)20(29)22-9-8-15-6-4-3-5-7-15)24-25-17(19(28)14(2)26)10-16-11-21-12-23-16/h3-7,11-13,17,24-25H,8-10H2,1-2H3,(H,21,23)(H,22,29)/t13-,17-/m0/s1. The zero-order valence-corrected chi connectivity index (χ0v) is 16.4. The molecule has 1 aromatic heterocycles. The molecule has 0 radical (unpaired) electrons. The van der Waals surface area contributed by atoms with Gasteiger partial charge in [-0.2, -0.15) is 0 Å². The molecule has 0 saturated carbocycles. The van der Waals surface area contributed by atoms with Crippen LogP contribution in [0.25, 0.3) is 0 Å². The molecule has 1 amide bonds. The quantitative estimate of drug-likeness (QED) is 0.289. The minimum Gasteiger partial charge on any atom is -0.349 e. The minimum atomic E-state index is -0.899. The molecule has 0 aliphatic rings. The van der Waals surface area contributed by atoms with Crippen LogP contribution in [0.15, 0.2) is 42.9 Å². The number of aromatic nitrogens is 2. The second-order valence-corrected chi connectivity index (χ2v) is 6.62. The molecule has 2 atom stereocenters. The van der Waals surface area contributed by atoms with Crippen LogP contribution in [0.2, 0.25) is 0 Å². The van der Waals surface area contributed by atoms with Crippen molar-refractivity contribution < 1.29 is 19.2 Å². The number of nitrogens with zero attached hydrogens (tertiary/aromatic N) is 1. The summed E-state index contributed by atoms with van der Waals surface area (Å²) in [7, 11) is 0. The van der Waals surface area contributed by atoms with Gasteiger partial charge in [0, 0.05) is 31.8 Å². The number of imidazole rings is 1. The second kappa shape index (κ2) is 11.0. The molecule has 0 aliphatic heterocycles. The maximum Gasteiger partial charge on any atom is 0.289 e. The number of hydrogen-bond acceptors (Lipinski definition) is 7. The number of amides is 1. The van der Waals surface area contributed by atoms with Gasteiger partial charge in [0.25, 0.3) is 5.91 Å². The topological polar surface area (TPSA) is 133 Å². The normalized spacial score (nSPS) is 12.8. The zero-order valence-electron chi connectivity index (χ0n) is 16.4. The van der Waals surface area contributed by atoms with Gasteiger partial charge in [0.2, 0.25) is 11.6 Å². The Balaban J connectivity index is 1.83. The third-order valence-corrected chi connectivity index (χ3v) is 4.28. The average Bonchev–Trinajstić information content (AvgIpc) is 3.23. The maximum atomic E-state index is 12.2. The Hall–Kier alpha value is -3.17. The molecule has 0 aliphatic carbocycles. The van der Waals surface area contributed by atoms with E-state index >= 15 is 0 Å². The Morgan fingerprint density at radius 1 is 1.07 bits per heavy atom. The molecule has 0 spiro atoms. The monoisotopic (exact) mass is 399 g/mol. The van der Waals surface area contributed by atoms with Gasteiger partial charge in [-0.1, -0.05) is 30.3 Å². The summed E-state index contributed by atoms with van der Waals surface area (Å²) in [6, 6.07) is 7.80. The number of aromatic amines is 1. The summed E-state index contributed by atoms with van der Waals surface area (Å²) in [5.41, 5.74) is 7.04. The van der Waals surface area contributed by atoms with Crippen LogP contribution in [0.3, 0.4) is 0 Å². The van der Waals surface area contributed by atoms with Gasteiger partial charge in [0.15, 0.2) is 5.78 Å². The van der Waals surface area contributed by atoms with Crippen molar-refractivity contribution in [2.45, 2.75) is 38.8 Å². The first-order valence-electron chi connectivity index (χ1n) is 9.27. The summed E-state index contributed by atoms with van der Waals surface area (Å²) in [5, 5.41) is 2.59. The van der Waals surface area contributed by atoms with E-state index in [0.29, 0.717) is 18.7 Å². The number of carbonyl (C=O) groups is 4. The number of rotatable bonds is 12. The van der Waals surface area contributed by atoms with Crippen LogP contribution >= 0.6 is 0 Å². The highest BCUT2D eigenvalue weighted by molar-refractivity contribution is 6.38. The molecule has 9 heteroatoms. The fraction of sp³-hybridized carbons (Fsp3) is 0.350. The highest BCUT2D eigenvalue weighted by Crippen LogP contribution is 2.01. The first kappa shape index (κ1) is 22.1. The van der Waals surface area contributed by atoms with Crippen molar-refractivity contribution in [1.82, 2.24) is 26.1 Å². The largest absolute Gasteiger partial charge is 0.349 e. The average molecular weight is 399 g/mol. The van der Waals surface area contributed by atoms with Crippen molar-refractivity contribution >= 4 is 23.3 Å². The van der Waals surface area contributed by atoms with Crippen molar-refractivity contribution in [3.63, 3.8) is 0 Å². The van der Waals surface area contributed by atoms with Gasteiger partial charge in [0.05, 0.1) is 18.4 Å². The van der Waals surface area contributed by atoms with Crippen LogP contribution in [-0.4, -0.2) is 51.9 Å². The van der Waals surface area contributed by atoms with Crippen molar-refractivity contribution in [3.8, 4) is 0 Å². The van der Waals surface area contributed by atoms with Crippen LogP contribution < -0.4 is 16.2 Å². The molecule has 0 fully saturated rings. The summed E-state index contributed by atoms with van der Waals surface area (Å²) >= 11 is 0. The maximum absolute atomic E-state index is 12.2. The van der Waals surface area contributed by atoms with E-state index in [1.807, 2.05) is 30.3 Å². The minimum absolute atomic E-state index is 0.176. The lowest BCUT2D eigenvalue weighted by Crippen LogP contribution is -2.55. The van der Waals surface area contributed by atoms with E-state index in [2.05, 4.69) is 26.1 Å². The fourth-order valence-electron chi connectivity index (χ4n) is 2.61. The van der Waals surface area contributed by atoms with E-state index < -0.39 is 35.3 Å². The lowest BCUT2D eigenvalue weighted by molar-refractivity contribution is -0.139. The van der Waals surface area contributed by atoms with Gasteiger partial charge in [-0.25, -0.2) is 15.8 Å². The predicted molar refractivity (Wildman–Crippen MR) is 106 cm³/mol. The van der Waals surface area contributed by atoms with Crippen LogP contribution in [-0.2, 0) is 32.0 Å². The predicted octanol–water partition coefficient (Wildman–Crippen LogP) is -0.110. The van der Waals surface area contributed by atoms with Crippen molar-refractivity contribution in [2.24, 2.45) is 0 Å². The molecule has 0 unspecified atom stereocenters. The summed E-state index contributed by atoms with van der Waals surface area (Å²) in [4.78, 5) is 54.6. The van der Waals surface area contributed by atoms with E-state index in [4.69, 9.17) is 0 Å². The van der Waals surface area contributed by atoms with E-state index in [1.165, 1.54) is 26.4 Å². The number of hydrazine groups is 1. The van der Waals surface area contributed by atoms with E-state index in [-0.39, 0.29) is 6.42 Å². The van der Waals surface area contributed by atoms with Gasteiger partial charge < -0.3 is 10.3 Å². The van der Waals surface area contributed by atoms with Crippen LogP contribution in [0.5, 0.6) is 0 Å². The highest BCUT2D eigenvalue weighted by Gasteiger charge is 2.26. The van der Waals surface area contributed by atoms with Gasteiger partial charge in [-0.15, -0.1) is 0 Å². The number of Topliss-reactive ketones (excluding diaryl/α,β-unsaturated/α-hetero) is 3. The summed E-state index contributed by atoms with van der Waals surface area (Å²) in [5.74, 6) is -2.65. The Morgan fingerprint density at radius 2 is 1.79 bits per heavy atom. The van der Waals surface area contributed by atoms with Crippen LogP contribution in [0.4, 0.5) is 0 Å². The number of benzene rings is 1. The lowest BCUT2D eigenvalue weighted by atomic mass is 10.1. The van der Waals surface area contributed by atoms with E-state index in [9.17, 15) is 19.2 Å². The lowest BCUT2D eigenvalue weighted by Gasteiger charge is -2.19. The van der Waals surface area contributed by atoms with Gasteiger partial charge in [-0.05, 0) is 18.9 Å². The van der Waals surface area contributed by atoms with Gasteiger partial charge in [0.1, 0.15) is 0 Å². The third-order valence-electron chi connectivity index (χ3n) is 4.28. The van der Waals surface area contributed by atoms with Crippen LogP contribution in [0, 0.1) is 0 Å². The Labute approximate surface area is 168 Å². The SMILES string of the molecule is CC(=O)C(=O)[C@H](Cc1cnc[nH]1)NN[C@@H](C)C(=O)C(=O)NCCc1ccccc1. The number of carbonyl (C=O) groups excluding carboxylic acids is 4. The molecule has 9 nitrogen and oxygen atoms in total. The number of nitrogens with one attached hydrogen (secondary N) is 4. The Morgan fingerprint density at radius 3 is 2.41 bits per heavy atom. The number of hydrogen-bond donors (Lipinski definition) is 4. The highest BCUT2D eigenvalue weighted by atomic mass is 16.2. The molecular weight excluding hydrogens is 374 g/mol. The molecular formula is C20H25N5O4. The van der Waals surface area contributed by atoms with Gasteiger partial charge in [-0.3, -0.25) is 19.2 Å². The van der Waals surface area contributed by atoms with Crippen LogP contribution in [0.1, 0.15) is 25.1 Å². The smallest absolute Gasteiger partial charge is 0.289 e. The molecule has 4 N–H and O–H groups in total. The third kappa shape index (κ3) is 7.05. The van der Waals surface area contributed by atoms with Gasteiger partial charge >= 0.3 is 0 Å². The van der Waals surface area contributed by atoms with Crippen molar-refractivity contribution in [2.75, 3.05) is 6.54 Å². The summed E-state index contributed by atoms with van der Waals surface area (Å²) in [6.07, 6.45) is 3.79. The molecule has 2 aromatic rings. The fourth-order valence-corrected chi connectivity index (χ4v) is 2.61. The number of ketones is 3. The molecule has 0 bridgehead atoms. The Kier molecular flexibility index (Phi) is 8.38. The first-order valence-corrected chi connectivity index (χ1v) is 9.27. The second-order valence-electron chi connectivity index (χ2n) is 6.62. The molecule has 0 saturated heterocycles. The molecule has 154 valence electrons.